The van der Waals surface area contributed by atoms with Gasteiger partial charge in [-0.3, -0.25) is 0 Å². The molecule has 1 unspecified atom stereocenters. The van der Waals surface area contributed by atoms with E-state index in [1.807, 2.05) is 56.3 Å². The largest absolute Gasteiger partial charge is 0.369 e. The van der Waals surface area contributed by atoms with E-state index in [4.69, 9.17) is 9.26 Å². The summed E-state index contributed by atoms with van der Waals surface area (Å²) in [5.41, 5.74) is 5.81. The van der Waals surface area contributed by atoms with Gasteiger partial charge in [-0.2, -0.15) is 10.2 Å². The molecule has 2 aromatic carbocycles. The van der Waals surface area contributed by atoms with Crippen molar-refractivity contribution in [3.8, 4) is 0 Å². The smallest absolute Gasteiger partial charge is 0.170 e. The lowest BCUT2D eigenvalue weighted by atomic mass is 10.0. The van der Waals surface area contributed by atoms with E-state index >= 15 is 0 Å². The first kappa shape index (κ1) is 18.7. The number of methoxy groups -OCH3 is 1. The van der Waals surface area contributed by atoms with Crippen molar-refractivity contribution in [2.75, 3.05) is 7.11 Å². The van der Waals surface area contributed by atoms with Gasteiger partial charge in [0, 0.05) is 18.7 Å². The monoisotopic (exact) mass is 361 g/mol. The number of hydrogen-bond acceptors (Lipinski definition) is 5. The lowest BCUT2D eigenvalue weighted by Crippen LogP contribution is -2.06. The number of rotatable bonds is 6. The van der Waals surface area contributed by atoms with Crippen LogP contribution in [0.1, 0.15) is 46.7 Å². The third-order valence-corrected chi connectivity index (χ3v) is 4.29. The molecule has 0 fully saturated rings. The van der Waals surface area contributed by atoms with Crippen molar-refractivity contribution in [3.05, 3.63) is 88.3 Å². The van der Waals surface area contributed by atoms with E-state index in [2.05, 4.69) is 34.4 Å². The van der Waals surface area contributed by atoms with Gasteiger partial charge < -0.3 is 9.26 Å². The van der Waals surface area contributed by atoms with Gasteiger partial charge in [0.2, 0.25) is 0 Å². The molecular weight excluding hydrogens is 338 g/mol. The van der Waals surface area contributed by atoms with Crippen LogP contribution in [0.15, 0.2) is 69.3 Å². The van der Waals surface area contributed by atoms with E-state index in [-0.39, 0.29) is 6.10 Å². The number of ether oxygens (including phenoxy) is 1. The second-order valence-corrected chi connectivity index (χ2v) is 6.41. The molecule has 3 rings (SSSR count). The maximum absolute atomic E-state index is 5.65. The summed E-state index contributed by atoms with van der Waals surface area (Å²) in [7, 11) is 1.65. The summed E-state index contributed by atoms with van der Waals surface area (Å²) in [5.74, 6) is 0.662. The first-order valence-corrected chi connectivity index (χ1v) is 8.78. The van der Waals surface area contributed by atoms with E-state index in [1.54, 1.807) is 13.3 Å². The molecule has 1 atom stereocenters. The molecule has 0 spiro atoms. The predicted octanol–water partition coefficient (Wildman–Crippen LogP) is 4.87. The summed E-state index contributed by atoms with van der Waals surface area (Å²) < 4.78 is 11.0. The molecule has 1 heterocycles. The Morgan fingerprint density at radius 2 is 1.85 bits per heavy atom. The summed E-state index contributed by atoms with van der Waals surface area (Å²) in [6, 6.07) is 18.0. The highest BCUT2D eigenvalue weighted by atomic mass is 16.5. The summed E-state index contributed by atoms with van der Waals surface area (Å²) in [5, 5.41) is 12.6. The Labute approximate surface area is 159 Å². The number of hydrogen-bond donors (Lipinski definition) is 0. The van der Waals surface area contributed by atoms with Crippen molar-refractivity contribution in [2.24, 2.45) is 10.2 Å². The fourth-order valence-electron chi connectivity index (χ4n) is 2.80. The van der Waals surface area contributed by atoms with Crippen LogP contribution in [0, 0.1) is 13.8 Å². The van der Waals surface area contributed by atoms with E-state index in [1.165, 1.54) is 5.56 Å². The molecule has 0 aliphatic rings. The van der Waals surface area contributed by atoms with E-state index in [9.17, 15) is 0 Å². The van der Waals surface area contributed by atoms with Gasteiger partial charge in [-0.1, -0.05) is 59.3 Å². The topological polar surface area (TPSA) is 60.0 Å². The van der Waals surface area contributed by atoms with Crippen molar-refractivity contribution < 1.29 is 9.26 Å². The van der Waals surface area contributed by atoms with Crippen LogP contribution in [-0.4, -0.2) is 24.2 Å². The highest BCUT2D eigenvalue weighted by molar-refractivity contribution is 5.99. The summed E-state index contributed by atoms with van der Waals surface area (Å²) in [6.07, 6.45) is 1.39. The molecule has 3 aromatic rings. The maximum Gasteiger partial charge on any atom is 0.170 e. The molecule has 0 bridgehead atoms. The van der Waals surface area contributed by atoms with Crippen molar-refractivity contribution in [3.63, 3.8) is 0 Å². The number of aromatic nitrogens is 1. The fraction of sp³-hybridized carbons (Fsp3) is 0.227. The molecule has 138 valence electrons. The van der Waals surface area contributed by atoms with Crippen LogP contribution in [0.3, 0.4) is 0 Å². The lowest BCUT2D eigenvalue weighted by Gasteiger charge is -2.14. The van der Waals surface area contributed by atoms with Crippen molar-refractivity contribution in [1.82, 2.24) is 5.16 Å². The average Bonchev–Trinajstić information content (AvgIpc) is 3.10. The molecule has 0 aliphatic heterocycles. The van der Waals surface area contributed by atoms with Crippen LogP contribution >= 0.6 is 0 Å². The third kappa shape index (κ3) is 4.57. The van der Waals surface area contributed by atoms with Gasteiger partial charge in [0.15, 0.2) is 5.76 Å². The van der Waals surface area contributed by atoms with Crippen LogP contribution in [0.25, 0.3) is 0 Å². The maximum atomic E-state index is 5.65. The van der Waals surface area contributed by atoms with Crippen LogP contribution < -0.4 is 0 Å². The molecule has 5 heteroatoms. The van der Waals surface area contributed by atoms with Crippen molar-refractivity contribution in [1.29, 1.82) is 0 Å². The fourth-order valence-corrected chi connectivity index (χ4v) is 2.80. The second-order valence-electron chi connectivity index (χ2n) is 6.41. The van der Waals surface area contributed by atoms with Gasteiger partial charge in [-0.25, -0.2) is 0 Å². The Morgan fingerprint density at radius 1 is 1.11 bits per heavy atom. The Hall–Kier alpha value is -3.05. The van der Waals surface area contributed by atoms with Crippen LogP contribution in [0.5, 0.6) is 0 Å². The first-order valence-electron chi connectivity index (χ1n) is 8.78. The molecule has 0 N–H and O–H groups in total. The van der Waals surface area contributed by atoms with E-state index < -0.39 is 0 Å². The van der Waals surface area contributed by atoms with Gasteiger partial charge in [-0.05, 0) is 31.9 Å². The summed E-state index contributed by atoms with van der Waals surface area (Å²) >= 11 is 0. The van der Waals surface area contributed by atoms with Gasteiger partial charge >= 0.3 is 0 Å². The number of aryl methyl sites for hydroxylation is 2. The molecule has 0 saturated heterocycles. The third-order valence-electron chi connectivity index (χ3n) is 4.29. The Kier molecular flexibility index (Phi) is 5.94. The SMILES string of the molecule is COC(c1cc(C)no1)c1ccccc1/C=N/N=C(\C)c1ccc(C)cc1. The molecule has 27 heavy (non-hydrogen) atoms. The minimum atomic E-state index is -0.351. The standard InChI is InChI=1S/C22H23N3O2/c1-15-9-11-18(12-10-15)17(3)24-23-14-19-7-5-6-8-20(19)22(26-4)21-13-16(2)25-27-21/h5-14,22H,1-4H3/b23-14+,24-17+. The number of benzene rings is 2. The Bertz CT molecular complexity index is 956. The van der Waals surface area contributed by atoms with Crippen molar-refractivity contribution in [2.45, 2.75) is 26.9 Å². The van der Waals surface area contributed by atoms with Gasteiger partial charge in [0.05, 0.1) is 17.6 Å². The molecule has 0 radical (unpaired) electrons. The Morgan fingerprint density at radius 3 is 2.52 bits per heavy atom. The zero-order valence-corrected chi connectivity index (χ0v) is 16.0. The number of nitrogens with zero attached hydrogens (tertiary/aromatic N) is 3. The molecule has 0 amide bonds. The highest BCUT2D eigenvalue weighted by Crippen LogP contribution is 2.28. The van der Waals surface area contributed by atoms with Gasteiger partial charge in [0.1, 0.15) is 6.10 Å². The average molecular weight is 361 g/mol. The van der Waals surface area contributed by atoms with Gasteiger partial charge in [-0.15, -0.1) is 0 Å². The van der Waals surface area contributed by atoms with Crippen LogP contribution in [0.2, 0.25) is 0 Å². The molecule has 0 saturated carbocycles. The van der Waals surface area contributed by atoms with Gasteiger partial charge in [0.25, 0.3) is 0 Å². The minimum Gasteiger partial charge on any atom is -0.369 e. The molecular formula is C22H23N3O2. The second kappa shape index (κ2) is 8.56. The summed E-state index contributed by atoms with van der Waals surface area (Å²) in [6.45, 7) is 5.90. The minimum absolute atomic E-state index is 0.351. The van der Waals surface area contributed by atoms with Crippen molar-refractivity contribution >= 4 is 11.9 Å². The van der Waals surface area contributed by atoms with Crippen LogP contribution in [0.4, 0.5) is 0 Å². The quantitative estimate of drug-likeness (QED) is 0.465. The zero-order valence-electron chi connectivity index (χ0n) is 16.0. The lowest BCUT2D eigenvalue weighted by molar-refractivity contribution is 0.109. The molecule has 0 aliphatic carbocycles. The summed E-state index contributed by atoms with van der Waals surface area (Å²) in [4.78, 5) is 0. The molecule has 1 aromatic heterocycles. The first-order chi connectivity index (χ1) is 13.1. The van der Waals surface area contributed by atoms with Crippen LogP contribution in [-0.2, 0) is 4.74 Å². The van der Waals surface area contributed by atoms with E-state index in [0.29, 0.717) is 5.76 Å². The Balaban J connectivity index is 1.86. The highest BCUT2D eigenvalue weighted by Gasteiger charge is 2.20. The predicted molar refractivity (Wildman–Crippen MR) is 108 cm³/mol. The normalized spacial score (nSPS) is 13.3. The molecule has 5 nitrogen and oxygen atoms in total. The van der Waals surface area contributed by atoms with E-state index in [0.717, 1.165) is 28.1 Å². The zero-order chi connectivity index (χ0) is 19.2.